The summed E-state index contributed by atoms with van der Waals surface area (Å²) in [6.07, 6.45) is 3.78. The van der Waals surface area contributed by atoms with Crippen molar-refractivity contribution in [3.05, 3.63) is 69.3 Å². The molecule has 2 heterocycles. The molecule has 0 fully saturated rings. The Morgan fingerprint density at radius 1 is 1.26 bits per heavy atom. The monoisotopic (exact) mass is 365 g/mol. The topological polar surface area (TPSA) is 66.9 Å². The van der Waals surface area contributed by atoms with E-state index >= 15 is 0 Å². The van der Waals surface area contributed by atoms with Crippen LogP contribution in [0.5, 0.6) is 0 Å². The molecule has 0 aliphatic rings. The van der Waals surface area contributed by atoms with Gasteiger partial charge >= 0.3 is 0 Å². The average molecular weight is 365 g/mol. The predicted molar refractivity (Wildman–Crippen MR) is 109 cm³/mol. The van der Waals surface area contributed by atoms with Gasteiger partial charge in [-0.15, -0.1) is 0 Å². The Morgan fingerprint density at radius 3 is 2.74 bits per heavy atom. The molecule has 3 aromatic rings. The number of pyridine rings is 1. The van der Waals surface area contributed by atoms with E-state index in [1.54, 1.807) is 0 Å². The summed E-state index contributed by atoms with van der Waals surface area (Å²) in [6.45, 7) is 8.42. The lowest BCUT2D eigenvalue weighted by Gasteiger charge is -2.12. The fourth-order valence-electron chi connectivity index (χ4n) is 3.57. The standard InChI is InChI=1S/C22H27N3O2/c1-5-7-16-12-15(4)24-22(27)19(16)13-23-21(26)18-8-6-9-20-17(18)10-11-25(20)14(2)3/h6,8-12,14H,5,7,13H2,1-4H3,(H,23,26)(H,24,27). The van der Waals surface area contributed by atoms with Crippen molar-refractivity contribution in [2.24, 2.45) is 0 Å². The summed E-state index contributed by atoms with van der Waals surface area (Å²) in [6, 6.07) is 10.0. The molecule has 2 aromatic heterocycles. The zero-order chi connectivity index (χ0) is 19.6. The molecule has 0 aliphatic carbocycles. The smallest absolute Gasteiger partial charge is 0.253 e. The molecule has 2 N–H and O–H groups in total. The zero-order valence-electron chi connectivity index (χ0n) is 16.4. The number of carbonyl (C=O) groups excluding carboxylic acids is 1. The summed E-state index contributed by atoms with van der Waals surface area (Å²) >= 11 is 0. The lowest BCUT2D eigenvalue weighted by atomic mass is 10.0. The Morgan fingerprint density at radius 2 is 2.04 bits per heavy atom. The number of hydrogen-bond acceptors (Lipinski definition) is 2. The molecule has 0 saturated heterocycles. The Labute approximate surface area is 159 Å². The summed E-state index contributed by atoms with van der Waals surface area (Å²) in [5, 5.41) is 3.86. The van der Waals surface area contributed by atoms with Gasteiger partial charge in [0.2, 0.25) is 0 Å². The number of carbonyl (C=O) groups is 1. The van der Waals surface area contributed by atoms with Crippen molar-refractivity contribution in [2.75, 3.05) is 0 Å². The second kappa shape index (κ2) is 7.82. The van der Waals surface area contributed by atoms with Gasteiger partial charge in [-0.1, -0.05) is 19.4 Å². The maximum Gasteiger partial charge on any atom is 0.253 e. The molecule has 0 saturated carbocycles. The normalized spacial score (nSPS) is 11.3. The van der Waals surface area contributed by atoms with Crippen molar-refractivity contribution < 1.29 is 4.79 Å². The summed E-state index contributed by atoms with van der Waals surface area (Å²) in [5.41, 5.74) is 4.04. The number of aromatic amines is 1. The van der Waals surface area contributed by atoms with Gasteiger partial charge in [-0.25, -0.2) is 0 Å². The minimum atomic E-state index is -0.162. The molecule has 1 amide bonds. The number of nitrogens with one attached hydrogen (secondary N) is 2. The summed E-state index contributed by atoms with van der Waals surface area (Å²) < 4.78 is 2.15. The third-order valence-corrected chi connectivity index (χ3v) is 4.87. The van der Waals surface area contributed by atoms with Gasteiger partial charge in [0.25, 0.3) is 11.5 Å². The van der Waals surface area contributed by atoms with Gasteiger partial charge in [-0.2, -0.15) is 0 Å². The first-order valence-corrected chi connectivity index (χ1v) is 9.51. The number of aromatic nitrogens is 2. The van der Waals surface area contributed by atoms with E-state index in [9.17, 15) is 9.59 Å². The van der Waals surface area contributed by atoms with Gasteiger partial charge in [0.1, 0.15) is 0 Å². The van der Waals surface area contributed by atoms with E-state index in [4.69, 9.17) is 0 Å². The van der Waals surface area contributed by atoms with Crippen molar-refractivity contribution in [1.82, 2.24) is 14.9 Å². The molecule has 1 aromatic carbocycles. The molecule has 0 aliphatic heterocycles. The highest BCUT2D eigenvalue weighted by Crippen LogP contribution is 2.23. The first-order valence-electron chi connectivity index (χ1n) is 9.51. The Kier molecular flexibility index (Phi) is 5.49. The third-order valence-electron chi connectivity index (χ3n) is 4.87. The van der Waals surface area contributed by atoms with E-state index in [-0.39, 0.29) is 18.0 Å². The van der Waals surface area contributed by atoms with Gasteiger partial charge in [0.05, 0.1) is 0 Å². The Bertz CT molecular complexity index is 1030. The summed E-state index contributed by atoms with van der Waals surface area (Å²) in [4.78, 5) is 28.0. The summed E-state index contributed by atoms with van der Waals surface area (Å²) in [7, 11) is 0. The van der Waals surface area contributed by atoms with Crippen LogP contribution in [0.15, 0.2) is 41.3 Å². The maximum absolute atomic E-state index is 12.8. The zero-order valence-corrected chi connectivity index (χ0v) is 16.4. The highest BCUT2D eigenvalue weighted by atomic mass is 16.1. The molecule has 3 rings (SSSR count). The molecule has 142 valence electrons. The molecule has 0 radical (unpaired) electrons. The highest BCUT2D eigenvalue weighted by Gasteiger charge is 2.15. The number of fused-ring (bicyclic) bond motifs is 1. The van der Waals surface area contributed by atoms with Crippen LogP contribution in [-0.2, 0) is 13.0 Å². The van der Waals surface area contributed by atoms with E-state index in [0.717, 1.165) is 35.0 Å². The first kappa shape index (κ1) is 19.0. The van der Waals surface area contributed by atoms with E-state index in [1.165, 1.54) is 0 Å². The number of nitrogens with zero attached hydrogens (tertiary/aromatic N) is 1. The van der Waals surface area contributed by atoms with Crippen molar-refractivity contribution >= 4 is 16.8 Å². The lowest BCUT2D eigenvalue weighted by Crippen LogP contribution is -2.28. The highest BCUT2D eigenvalue weighted by molar-refractivity contribution is 6.06. The van der Waals surface area contributed by atoms with Crippen LogP contribution in [0, 0.1) is 6.92 Å². The fourth-order valence-corrected chi connectivity index (χ4v) is 3.57. The molecule has 0 atom stereocenters. The van der Waals surface area contributed by atoms with Crippen LogP contribution < -0.4 is 10.9 Å². The van der Waals surface area contributed by atoms with Gasteiger partial charge in [-0.05, 0) is 57.0 Å². The van der Waals surface area contributed by atoms with E-state index < -0.39 is 0 Å². The van der Waals surface area contributed by atoms with Gasteiger partial charge in [-0.3, -0.25) is 9.59 Å². The average Bonchev–Trinajstić information content (AvgIpc) is 3.05. The van der Waals surface area contributed by atoms with Gasteiger partial charge < -0.3 is 14.9 Å². The molecule has 5 nitrogen and oxygen atoms in total. The quantitative estimate of drug-likeness (QED) is 0.690. The predicted octanol–water partition coefficient (Wildman–Crippen LogP) is 4.10. The second-order valence-electron chi connectivity index (χ2n) is 7.27. The van der Waals surface area contributed by atoms with Crippen LogP contribution >= 0.6 is 0 Å². The SMILES string of the molecule is CCCc1cc(C)[nH]c(=O)c1CNC(=O)c1cccc2c1ccn2C(C)C. The number of aryl methyl sites for hydroxylation is 2. The lowest BCUT2D eigenvalue weighted by molar-refractivity contribution is 0.0952. The van der Waals surface area contributed by atoms with Crippen LogP contribution in [0.3, 0.4) is 0 Å². The largest absolute Gasteiger partial charge is 0.348 e. The van der Waals surface area contributed by atoms with Crippen LogP contribution in [0.2, 0.25) is 0 Å². The number of benzene rings is 1. The minimum Gasteiger partial charge on any atom is -0.348 e. The molecule has 5 heteroatoms. The van der Waals surface area contributed by atoms with Crippen molar-refractivity contribution in [2.45, 2.75) is 53.1 Å². The van der Waals surface area contributed by atoms with Crippen LogP contribution in [0.4, 0.5) is 0 Å². The number of H-pyrrole nitrogens is 1. The molecule has 0 unspecified atom stereocenters. The van der Waals surface area contributed by atoms with Gasteiger partial charge in [0.15, 0.2) is 0 Å². The Balaban J connectivity index is 1.87. The molecule has 0 spiro atoms. The van der Waals surface area contributed by atoms with Crippen molar-refractivity contribution in [1.29, 1.82) is 0 Å². The molecule has 0 bridgehead atoms. The minimum absolute atomic E-state index is 0.122. The third kappa shape index (κ3) is 3.82. The van der Waals surface area contributed by atoms with Crippen molar-refractivity contribution in [3.8, 4) is 0 Å². The first-order chi connectivity index (χ1) is 12.9. The van der Waals surface area contributed by atoms with Crippen molar-refractivity contribution in [3.63, 3.8) is 0 Å². The maximum atomic E-state index is 12.8. The molecule has 27 heavy (non-hydrogen) atoms. The fraction of sp³-hybridized carbons (Fsp3) is 0.364. The molecular formula is C22H27N3O2. The number of rotatable bonds is 6. The number of hydrogen-bond donors (Lipinski definition) is 2. The van der Waals surface area contributed by atoms with E-state index in [0.29, 0.717) is 17.2 Å². The molecular weight excluding hydrogens is 338 g/mol. The Hall–Kier alpha value is -2.82. The van der Waals surface area contributed by atoms with E-state index in [2.05, 4.69) is 35.6 Å². The summed E-state index contributed by atoms with van der Waals surface area (Å²) in [5.74, 6) is -0.162. The second-order valence-corrected chi connectivity index (χ2v) is 7.27. The van der Waals surface area contributed by atoms with Crippen LogP contribution in [0.1, 0.15) is 60.4 Å². The van der Waals surface area contributed by atoms with Gasteiger partial charge in [0, 0.05) is 46.5 Å². The van der Waals surface area contributed by atoms with E-state index in [1.807, 2.05) is 43.5 Å². The van der Waals surface area contributed by atoms with Crippen LogP contribution in [-0.4, -0.2) is 15.5 Å². The number of amides is 1. The van der Waals surface area contributed by atoms with Crippen LogP contribution in [0.25, 0.3) is 10.9 Å².